The van der Waals surface area contributed by atoms with E-state index in [2.05, 4.69) is 0 Å². The zero-order valence-corrected chi connectivity index (χ0v) is 11.3. The van der Waals surface area contributed by atoms with E-state index >= 15 is 0 Å². The Labute approximate surface area is 117 Å². The first kappa shape index (κ1) is 18.3. The first-order chi connectivity index (χ1) is 9.56. The van der Waals surface area contributed by atoms with Gasteiger partial charge in [-0.1, -0.05) is 18.2 Å². The Hall–Kier alpha value is -1.67. The van der Waals surface area contributed by atoms with Crippen LogP contribution in [0.3, 0.4) is 0 Å². The van der Waals surface area contributed by atoms with Gasteiger partial charge in [0.05, 0.1) is 25.8 Å². The van der Waals surface area contributed by atoms with Gasteiger partial charge in [-0.2, -0.15) is 0 Å². The highest BCUT2D eigenvalue weighted by Crippen LogP contribution is 2.07. The summed E-state index contributed by atoms with van der Waals surface area (Å²) in [5, 5.41) is 35.7. The summed E-state index contributed by atoms with van der Waals surface area (Å²) in [6, 6.07) is 6.19. The molecule has 1 rings (SSSR count). The molecule has 20 heavy (non-hydrogen) atoms. The summed E-state index contributed by atoms with van der Waals surface area (Å²) in [4.78, 5) is 11.3. The van der Waals surface area contributed by atoms with E-state index < -0.39 is 5.97 Å². The lowest BCUT2D eigenvalue weighted by Crippen LogP contribution is -3.13. The van der Waals surface area contributed by atoms with Gasteiger partial charge in [0.15, 0.2) is 0 Å². The van der Waals surface area contributed by atoms with Crippen molar-refractivity contribution < 1.29 is 30.1 Å². The number of carboxylic acids is 1. The molecule has 0 aliphatic heterocycles. The first-order valence-corrected chi connectivity index (χ1v) is 6.28. The number of quaternary nitrogens is 1. The van der Waals surface area contributed by atoms with Gasteiger partial charge in [0, 0.05) is 11.3 Å². The van der Waals surface area contributed by atoms with Crippen molar-refractivity contribution >= 4 is 11.7 Å². The van der Waals surface area contributed by atoms with Gasteiger partial charge in [0.1, 0.15) is 19.6 Å². The van der Waals surface area contributed by atoms with Crippen LogP contribution in [-0.4, -0.2) is 60.7 Å². The van der Waals surface area contributed by atoms with Crippen LogP contribution in [0.15, 0.2) is 24.3 Å². The molecule has 0 saturated heterocycles. The van der Waals surface area contributed by atoms with E-state index in [0.717, 1.165) is 4.90 Å². The summed E-state index contributed by atoms with van der Waals surface area (Å²) in [6.07, 6.45) is 0. The van der Waals surface area contributed by atoms with Gasteiger partial charge >= 0.3 is 0 Å². The Kier molecular flexibility index (Phi) is 10.2. The molecule has 0 radical (unpaired) electrons. The Morgan fingerprint density at radius 2 is 1.50 bits per heavy atom. The molecule has 0 aromatic heterocycles. The monoisotopic (exact) mass is 286 g/mol. The Morgan fingerprint density at radius 1 is 1.05 bits per heavy atom. The maximum Gasteiger partial charge on any atom is 0.101 e. The highest BCUT2D eigenvalue weighted by Gasteiger charge is 2.03. The molecule has 0 atom stereocenters. The van der Waals surface area contributed by atoms with Crippen LogP contribution in [0, 0.1) is 0 Å². The van der Waals surface area contributed by atoms with Crippen molar-refractivity contribution in [3.05, 3.63) is 29.8 Å². The molecule has 6 N–H and O–H groups in total. The van der Waals surface area contributed by atoms with Crippen LogP contribution in [-0.2, 0) is 0 Å². The van der Waals surface area contributed by atoms with Gasteiger partial charge in [0.25, 0.3) is 0 Å². The highest BCUT2D eigenvalue weighted by molar-refractivity contribution is 5.91. The quantitative estimate of drug-likeness (QED) is 0.330. The number of hydrogen-bond donors (Lipinski definition) is 5. The van der Waals surface area contributed by atoms with Crippen LogP contribution in [0.4, 0.5) is 5.69 Å². The van der Waals surface area contributed by atoms with E-state index in [9.17, 15) is 9.90 Å². The van der Waals surface area contributed by atoms with Gasteiger partial charge in [0.2, 0.25) is 0 Å². The van der Waals surface area contributed by atoms with Crippen LogP contribution >= 0.6 is 0 Å². The lowest BCUT2D eigenvalue weighted by molar-refractivity contribution is -0.901. The molecule has 0 heterocycles. The van der Waals surface area contributed by atoms with Crippen molar-refractivity contribution in [3.63, 3.8) is 0 Å². The number of aromatic carboxylic acids is 1. The summed E-state index contributed by atoms with van der Waals surface area (Å²) in [7, 11) is 0. The number of carbonyl (C=O) groups is 1. The maximum absolute atomic E-state index is 10.2. The van der Waals surface area contributed by atoms with E-state index in [1.54, 1.807) is 12.1 Å². The molecule has 0 spiro atoms. The van der Waals surface area contributed by atoms with Crippen molar-refractivity contribution in [3.8, 4) is 0 Å². The highest BCUT2D eigenvalue weighted by atomic mass is 16.4. The summed E-state index contributed by atoms with van der Waals surface area (Å²) in [5.74, 6) is -1.24. The number of para-hydroxylation sites is 1. The van der Waals surface area contributed by atoms with Crippen molar-refractivity contribution in [2.75, 3.05) is 45.2 Å². The molecule has 0 fully saturated rings. The molecule has 0 saturated carbocycles. The predicted molar refractivity (Wildman–Crippen MR) is 72.0 cm³/mol. The zero-order valence-electron chi connectivity index (χ0n) is 11.3. The van der Waals surface area contributed by atoms with E-state index in [4.69, 9.17) is 21.1 Å². The van der Waals surface area contributed by atoms with Gasteiger partial charge in [-0.3, -0.25) is 0 Å². The third-order valence-electron chi connectivity index (χ3n) is 2.58. The molecular weight excluding hydrogens is 264 g/mol. The number of nitrogens with two attached hydrogens (primary N) is 1. The number of aliphatic hydroxyl groups is 3. The van der Waals surface area contributed by atoms with Crippen LogP contribution in [0.25, 0.3) is 0 Å². The minimum Gasteiger partial charge on any atom is -0.545 e. The molecule has 1 aromatic rings. The molecule has 1 aromatic carbocycles. The number of aliphatic hydroxyl groups excluding tert-OH is 3. The second-order valence-electron chi connectivity index (χ2n) is 4.05. The fourth-order valence-corrected chi connectivity index (χ4v) is 1.53. The average Bonchev–Trinajstić information content (AvgIpc) is 2.40. The standard InChI is InChI=1S/C7H7NO2.C6H15NO3/c8-6-4-2-1-3-5(6)7(9)10;8-4-1-7(2-5-9)3-6-10/h1-4H,8H2,(H,9,10);8-10H,1-6H2. The largest absolute Gasteiger partial charge is 0.545 e. The minimum absolute atomic E-state index is 0.0440. The van der Waals surface area contributed by atoms with Crippen LogP contribution in [0.1, 0.15) is 10.4 Å². The number of nitrogen functional groups attached to an aromatic ring is 1. The number of anilines is 1. The fraction of sp³-hybridized carbons (Fsp3) is 0.462. The number of rotatable bonds is 7. The summed E-state index contributed by atoms with van der Waals surface area (Å²) in [5.41, 5.74) is 5.58. The van der Waals surface area contributed by atoms with Crippen LogP contribution < -0.4 is 15.7 Å². The number of hydrogen-bond acceptors (Lipinski definition) is 6. The first-order valence-electron chi connectivity index (χ1n) is 6.28. The Bertz CT molecular complexity index is 373. The van der Waals surface area contributed by atoms with Gasteiger partial charge in [-0.15, -0.1) is 0 Å². The van der Waals surface area contributed by atoms with E-state index in [1.165, 1.54) is 12.1 Å². The molecule has 114 valence electrons. The number of carboxylic acid groups (broad SMARTS) is 1. The van der Waals surface area contributed by atoms with Gasteiger partial charge in [-0.25, -0.2) is 0 Å². The van der Waals surface area contributed by atoms with Crippen LogP contribution in [0.2, 0.25) is 0 Å². The number of carbonyl (C=O) groups excluding carboxylic acids is 1. The second kappa shape index (κ2) is 11.2. The van der Waals surface area contributed by atoms with E-state index in [-0.39, 0.29) is 31.1 Å². The number of benzene rings is 1. The van der Waals surface area contributed by atoms with E-state index in [1.807, 2.05) is 0 Å². The fourth-order valence-electron chi connectivity index (χ4n) is 1.53. The maximum atomic E-state index is 10.2. The van der Waals surface area contributed by atoms with Crippen molar-refractivity contribution in [2.45, 2.75) is 0 Å². The normalized spacial score (nSPS) is 10.0. The minimum atomic E-state index is -1.24. The molecule has 0 amide bonds. The van der Waals surface area contributed by atoms with Crippen molar-refractivity contribution in [1.29, 1.82) is 0 Å². The lowest BCUT2D eigenvalue weighted by Gasteiger charge is -2.15. The molecule has 0 aliphatic rings. The van der Waals surface area contributed by atoms with Gasteiger partial charge in [-0.05, 0) is 6.07 Å². The predicted octanol–water partition coefficient (Wildman–Crippen LogP) is -3.52. The molecule has 7 heteroatoms. The zero-order chi connectivity index (χ0) is 15.4. The Balaban J connectivity index is 0.000000361. The average molecular weight is 286 g/mol. The molecule has 0 bridgehead atoms. The molecule has 0 unspecified atom stereocenters. The van der Waals surface area contributed by atoms with E-state index in [0.29, 0.717) is 19.6 Å². The smallest absolute Gasteiger partial charge is 0.101 e. The van der Waals surface area contributed by atoms with Gasteiger partial charge < -0.3 is 35.9 Å². The lowest BCUT2D eigenvalue weighted by atomic mass is 10.2. The summed E-state index contributed by atoms with van der Waals surface area (Å²) >= 11 is 0. The topological polar surface area (TPSA) is 131 Å². The third-order valence-corrected chi connectivity index (χ3v) is 2.58. The summed E-state index contributed by atoms with van der Waals surface area (Å²) in [6.45, 7) is 2.11. The SMILES string of the molecule is Nc1ccccc1C(=O)[O-].OCC[NH+](CCO)CCO. The third kappa shape index (κ3) is 7.70. The molecular formula is C13H22N2O5. The summed E-state index contributed by atoms with van der Waals surface area (Å²) < 4.78 is 0. The Morgan fingerprint density at radius 3 is 1.80 bits per heavy atom. The number of nitrogens with one attached hydrogen (secondary N) is 1. The van der Waals surface area contributed by atoms with Crippen molar-refractivity contribution in [1.82, 2.24) is 0 Å². The van der Waals surface area contributed by atoms with Crippen LogP contribution in [0.5, 0.6) is 0 Å². The molecule has 0 aliphatic carbocycles. The second-order valence-corrected chi connectivity index (χ2v) is 4.05. The molecule has 7 nitrogen and oxygen atoms in total. The van der Waals surface area contributed by atoms with Crippen molar-refractivity contribution in [2.24, 2.45) is 0 Å².